The molecule has 6 nitrogen and oxygen atoms in total. The predicted molar refractivity (Wildman–Crippen MR) is 41.3 cm³/mol. The molecule has 13 heavy (non-hydrogen) atoms. The zero-order valence-corrected chi connectivity index (χ0v) is 7.48. The minimum Gasteiger partial charge on any atom is -0.434 e. The molecule has 0 radical (unpaired) electrons. The summed E-state index contributed by atoms with van der Waals surface area (Å²) in [5, 5.41) is 9.49. The van der Waals surface area contributed by atoms with Crippen molar-refractivity contribution in [3.05, 3.63) is 0 Å². The van der Waals surface area contributed by atoms with Gasteiger partial charge in [0.2, 0.25) is 5.72 Å². The third-order valence-corrected chi connectivity index (χ3v) is 2.06. The van der Waals surface area contributed by atoms with E-state index in [1.54, 1.807) is 6.92 Å². The summed E-state index contributed by atoms with van der Waals surface area (Å²) in [4.78, 5) is 21.9. The highest BCUT2D eigenvalue weighted by Gasteiger charge is 2.52. The van der Waals surface area contributed by atoms with Crippen LogP contribution in [-0.2, 0) is 14.3 Å². The maximum absolute atomic E-state index is 11.2. The molecule has 2 atom stereocenters. The van der Waals surface area contributed by atoms with Gasteiger partial charge in [-0.25, -0.2) is 5.06 Å². The molecule has 1 heterocycles. The summed E-state index contributed by atoms with van der Waals surface area (Å²) >= 11 is 0. The first-order valence-corrected chi connectivity index (χ1v) is 3.87. The Kier molecular flexibility index (Phi) is 2.27. The number of hydrogen-bond acceptors (Lipinski definition) is 5. The van der Waals surface area contributed by atoms with Gasteiger partial charge < -0.3 is 4.74 Å². The smallest absolute Gasteiger partial charge is 0.305 e. The van der Waals surface area contributed by atoms with Crippen LogP contribution in [0.1, 0.15) is 13.8 Å². The van der Waals surface area contributed by atoms with E-state index in [0.29, 0.717) is 5.06 Å². The molecular formula is C7H12N2O4. The van der Waals surface area contributed by atoms with Crippen molar-refractivity contribution in [2.24, 2.45) is 11.7 Å². The molecule has 3 N–H and O–H groups in total. The Balaban J connectivity index is 2.87. The van der Waals surface area contributed by atoms with E-state index in [-0.39, 0.29) is 6.54 Å². The monoisotopic (exact) mass is 188 g/mol. The lowest BCUT2D eigenvalue weighted by Gasteiger charge is -2.24. The van der Waals surface area contributed by atoms with E-state index >= 15 is 0 Å². The lowest BCUT2D eigenvalue weighted by molar-refractivity contribution is -0.180. The van der Waals surface area contributed by atoms with Gasteiger partial charge in [0, 0.05) is 12.8 Å². The molecule has 1 aliphatic heterocycles. The standard InChI is InChI=1S/C7H12N2O4/c1-4-3-9(12)6(11)7(4,8)13-5(2)10/h4,12H,3,8H2,1-2H3/t4-,7-/m1/s1. The van der Waals surface area contributed by atoms with Crippen LogP contribution < -0.4 is 5.73 Å². The predicted octanol–water partition coefficient (Wildman–Crippen LogP) is -0.928. The number of hydroxylamine groups is 2. The van der Waals surface area contributed by atoms with Gasteiger partial charge in [-0.05, 0) is 0 Å². The van der Waals surface area contributed by atoms with Gasteiger partial charge >= 0.3 is 11.9 Å². The molecule has 74 valence electrons. The fraction of sp³-hybridized carbons (Fsp3) is 0.714. The Bertz CT molecular complexity index is 255. The van der Waals surface area contributed by atoms with E-state index in [9.17, 15) is 9.59 Å². The molecule has 1 fully saturated rings. The molecule has 0 aromatic heterocycles. The maximum atomic E-state index is 11.2. The molecule has 1 rings (SSSR count). The molecule has 0 aromatic carbocycles. The van der Waals surface area contributed by atoms with Gasteiger partial charge in [-0.2, -0.15) is 0 Å². The van der Waals surface area contributed by atoms with E-state index in [1.807, 2.05) is 0 Å². The SMILES string of the molecule is CC(=O)O[C@@]1(N)C(=O)N(O)C[C@H]1C. The number of esters is 1. The average Bonchev–Trinajstić information content (AvgIpc) is 2.15. The van der Waals surface area contributed by atoms with E-state index in [2.05, 4.69) is 4.74 Å². The van der Waals surface area contributed by atoms with Crippen molar-refractivity contribution < 1.29 is 19.5 Å². The van der Waals surface area contributed by atoms with Crippen LogP contribution in [0.25, 0.3) is 0 Å². The first-order valence-electron chi connectivity index (χ1n) is 3.87. The van der Waals surface area contributed by atoms with E-state index in [0.717, 1.165) is 6.92 Å². The Morgan fingerprint density at radius 3 is 2.69 bits per heavy atom. The number of nitrogens with two attached hydrogens (primary N) is 1. The van der Waals surface area contributed by atoms with Crippen LogP contribution in [0.15, 0.2) is 0 Å². The highest BCUT2D eigenvalue weighted by molar-refractivity contribution is 5.88. The number of nitrogens with zero attached hydrogens (tertiary/aromatic N) is 1. The first-order chi connectivity index (χ1) is 5.88. The summed E-state index contributed by atoms with van der Waals surface area (Å²) in [5.41, 5.74) is 3.84. The summed E-state index contributed by atoms with van der Waals surface area (Å²) in [6, 6.07) is 0. The minimum absolute atomic E-state index is 0.0720. The topological polar surface area (TPSA) is 92.9 Å². The van der Waals surface area contributed by atoms with E-state index < -0.39 is 23.5 Å². The largest absolute Gasteiger partial charge is 0.434 e. The van der Waals surface area contributed by atoms with Crippen LogP contribution in [0.3, 0.4) is 0 Å². The van der Waals surface area contributed by atoms with Crippen molar-refractivity contribution in [3.8, 4) is 0 Å². The summed E-state index contributed by atoms with van der Waals surface area (Å²) < 4.78 is 4.68. The van der Waals surface area contributed by atoms with E-state index in [4.69, 9.17) is 10.9 Å². The van der Waals surface area contributed by atoms with E-state index in [1.165, 1.54) is 0 Å². The molecule has 1 amide bonds. The first kappa shape index (κ1) is 9.94. The second-order valence-electron chi connectivity index (χ2n) is 3.18. The molecular weight excluding hydrogens is 176 g/mol. The van der Waals surface area contributed by atoms with Gasteiger partial charge in [0.05, 0.1) is 6.54 Å². The summed E-state index contributed by atoms with van der Waals surface area (Å²) in [5.74, 6) is -1.85. The normalized spacial score (nSPS) is 33.7. The van der Waals surface area contributed by atoms with Crippen LogP contribution in [0, 0.1) is 5.92 Å². The second kappa shape index (κ2) is 2.97. The molecule has 0 spiro atoms. The highest BCUT2D eigenvalue weighted by atomic mass is 16.6. The molecule has 0 bridgehead atoms. The zero-order valence-electron chi connectivity index (χ0n) is 7.48. The molecule has 1 aliphatic rings. The summed E-state index contributed by atoms with van der Waals surface area (Å²) in [6.45, 7) is 2.86. The van der Waals surface area contributed by atoms with Crippen LogP contribution in [0.2, 0.25) is 0 Å². The number of ether oxygens (including phenoxy) is 1. The van der Waals surface area contributed by atoms with Crippen molar-refractivity contribution in [3.63, 3.8) is 0 Å². The number of carbonyl (C=O) groups excluding carboxylic acids is 2. The third kappa shape index (κ3) is 1.50. The van der Waals surface area contributed by atoms with Crippen molar-refractivity contribution >= 4 is 11.9 Å². The van der Waals surface area contributed by atoms with Crippen molar-refractivity contribution in [1.82, 2.24) is 5.06 Å². The lowest BCUT2D eigenvalue weighted by Crippen LogP contribution is -2.54. The molecule has 0 unspecified atom stereocenters. The quantitative estimate of drug-likeness (QED) is 0.315. The maximum Gasteiger partial charge on any atom is 0.305 e. The zero-order chi connectivity index (χ0) is 10.2. The van der Waals surface area contributed by atoms with Crippen molar-refractivity contribution in [2.45, 2.75) is 19.6 Å². The number of carbonyl (C=O) groups is 2. The molecule has 0 aliphatic carbocycles. The number of amides is 1. The van der Waals surface area contributed by atoms with Crippen molar-refractivity contribution in [2.75, 3.05) is 6.54 Å². The van der Waals surface area contributed by atoms with Gasteiger partial charge in [-0.3, -0.25) is 20.5 Å². The lowest BCUT2D eigenvalue weighted by atomic mass is 10.0. The van der Waals surface area contributed by atoms with Gasteiger partial charge in [0.15, 0.2) is 0 Å². The minimum atomic E-state index is -1.71. The summed E-state index contributed by atoms with van der Waals surface area (Å²) in [6.07, 6.45) is 0. The van der Waals surface area contributed by atoms with Gasteiger partial charge in [-0.1, -0.05) is 6.92 Å². The molecule has 6 heteroatoms. The Labute approximate surface area is 75.2 Å². The van der Waals surface area contributed by atoms with Crippen LogP contribution in [-0.4, -0.2) is 34.4 Å². The van der Waals surface area contributed by atoms with Gasteiger partial charge in [0.25, 0.3) is 0 Å². The number of rotatable bonds is 1. The summed E-state index contributed by atoms with van der Waals surface area (Å²) in [7, 11) is 0. The molecule has 0 aromatic rings. The van der Waals surface area contributed by atoms with Gasteiger partial charge in [-0.15, -0.1) is 0 Å². The Hall–Kier alpha value is -1.14. The molecule has 0 saturated carbocycles. The average molecular weight is 188 g/mol. The third-order valence-electron chi connectivity index (χ3n) is 2.06. The van der Waals surface area contributed by atoms with Crippen molar-refractivity contribution in [1.29, 1.82) is 0 Å². The number of hydrogen-bond donors (Lipinski definition) is 2. The van der Waals surface area contributed by atoms with Crippen LogP contribution in [0.5, 0.6) is 0 Å². The van der Waals surface area contributed by atoms with Crippen LogP contribution >= 0.6 is 0 Å². The fourth-order valence-corrected chi connectivity index (χ4v) is 1.27. The highest BCUT2D eigenvalue weighted by Crippen LogP contribution is 2.26. The van der Waals surface area contributed by atoms with Crippen LogP contribution in [0.4, 0.5) is 0 Å². The Morgan fingerprint density at radius 2 is 2.38 bits per heavy atom. The Morgan fingerprint density at radius 1 is 1.85 bits per heavy atom. The second-order valence-corrected chi connectivity index (χ2v) is 3.18. The molecule has 1 saturated heterocycles. The van der Waals surface area contributed by atoms with Gasteiger partial charge in [0.1, 0.15) is 0 Å². The fourth-order valence-electron chi connectivity index (χ4n) is 1.27.